The molecule has 0 saturated carbocycles. The molecule has 0 saturated heterocycles. The molecule has 6 heteroatoms. The molecule has 0 fully saturated rings. The summed E-state index contributed by atoms with van der Waals surface area (Å²) in [6.07, 6.45) is 3.20. The lowest BCUT2D eigenvalue weighted by Crippen LogP contribution is -2.13. The molecule has 0 bridgehead atoms. The second kappa shape index (κ2) is 7.31. The van der Waals surface area contributed by atoms with Gasteiger partial charge in [-0.05, 0) is 11.6 Å². The van der Waals surface area contributed by atoms with Crippen molar-refractivity contribution >= 4 is 0 Å². The highest BCUT2D eigenvalue weighted by atomic mass is 16.5. The van der Waals surface area contributed by atoms with Crippen LogP contribution in [0.3, 0.4) is 0 Å². The summed E-state index contributed by atoms with van der Waals surface area (Å²) in [6.45, 7) is 1.06. The van der Waals surface area contributed by atoms with Crippen LogP contribution >= 0.6 is 0 Å². The second-order valence-corrected chi connectivity index (χ2v) is 4.93. The molecule has 3 aromatic rings. The first-order chi connectivity index (χ1) is 11.4. The van der Waals surface area contributed by atoms with Crippen molar-refractivity contribution in [1.29, 1.82) is 0 Å². The highest BCUT2D eigenvalue weighted by Crippen LogP contribution is 2.31. The van der Waals surface area contributed by atoms with Crippen molar-refractivity contribution in [3.8, 4) is 11.5 Å². The van der Waals surface area contributed by atoms with Crippen molar-refractivity contribution in [2.45, 2.75) is 13.2 Å². The van der Waals surface area contributed by atoms with E-state index in [9.17, 15) is 0 Å². The number of methoxy groups -OCH3 is 1. The molecule has 0 aliphatic heterocycles. The van der Waals surface area contributed by atoms with Crippen LogP contribution in [0.2, 0.25) is 0 Å². The normalized spacial score (nSPS) is 10.3. The molecule has 0 spiro atoms. The molecule has 0 aliphatic carbocycles. The zero-order valence-electron chi connectivity index (χ0n) is 12.8. The number of hydrogen-bond acceptors (Lipinski definition) is 5. The van der Waals surface area contributed by atoms with E-state index in [-0.39, 0.29) is 0 Å². The number of hydrogen-bond donors (Lipinski definition) is 1. The van der Waals surface area contributed by atoms with Gasteiger partial charge in [0.1, 0.15) is 19.3 Å². The Bertz CT molecular complexity index is 730. The molecule has 1 N–H and O–H groups in total. The minimum absolute atomic E-state index is 0.487. The zero-order valence-corrected chi connectivity index (χ0v) is 12.8. The maximum Gasteiger partial charge on any atom is 0.166 e. The zero-order chi connectivity index (χ0) is 15.9. The molecule has 0 amide bonds. The molecule has 2 aromatic carbocycles. The Balaban J connectivity index is 1.75. The summed E-state index contributed by atoms with van der Waals surface area (Å²) in [5, 5.41) is 7.52. The van der Waals surface area contributed by atoms with E-state index in [2.05, 4.69) is 15.6 Å². The predicted octanol–water partition coefficient (Wildman–Crippen LogP) is 2.61. The molecule has 0 aliphatic rings. The van der Waals surface area contributed by atoms with E-state index in [1.54, 1.807) is 24.4 Å². The number of nitrogens with zero attached hydrogens (tertiary/aromatic N) is 3. The highest BCUT2D eigenvalue weighted by molar-refractivity contribution is 5.47. The number of para-hydroxylation sites is 1. The minimum atomic E-state index is 0.487. The molecule has 0 atom stereocenters. The predicted molar refractivity (Wildman–Crippen MR) is 86.9 cm³/mol. The second-order valence-electron chi connectivity index (χ2n) is 4.93. The lowest BCUT2D eigenvalue weighted by molar-refractivity contribution is 0.281. The fourth-order valence-corrected chi connectivity index (χ4v) is 2.21. The Hall–Kier alpha value is -3.02. The number of rotatable bonds is 7. The van der Waals surface area contributed by atoms with E-state index in [1.165, 1.54) is 0 Å². The van der Waals surface area contributed by atoms with Crippen molar-refractivity contribution in [3.05, 3.63) is 72.3 Å². The Morgan fingerprint density at radius 1 is 1.00 bits per heavy atom. The molecule has 1 aromatic heterocycles. The van der Waals surface area contributed by atoms with Gasteiger partial charge in [-0.25, -0.2) is 4.68 Å². The quantitative estimate of drug-likeness (QED) is 0.727. The Labute approximate surface area is 134 Å². The summed E-state index contributed by atoms with van der Waals surface area (Å²) in [5.41, 5.74) is 5.29. The van der Waals surface area contributed by atoms with Crippen LogP contribution in [0.25, 0.3) is 0 Å². The van der Waals surface area contributed by atoms with Gasteiger partial charge in [0, 0.05) is 5.56 Å². The van der Waals surface area contributed by atoms with Gasteiger partial charge in [-0.3, -0.25) is 0 Å². The molecule has 0 unspecified atom stereocenters. The Morgan fingerprint density at radius 3 is 2.52 bits per heavy atom. The number of benzene rings is 2. The van der Waals surface area contributed by atoms with E-state index in [0.717, 1.165) is 16.9 Å². The summed E-state index contributed by atoms with van der Waals surface area (Å²) >= 11 is 0. The number of nitrogens with one attached hydrogen (secondary N) is 1. The first kappa shape index (κ1) is 14.9. The lowest BCUT2D eigenvalue weighted by atomic mass is 10.2. The molecule has 118 valence electrons. The van der Waals surface area contributed by atoms with Crippen LogP contribution in [-0.4, -0.2) is 22.0 Å². The van der Waals surface area contributed by atoms with E-state index in [1.807, 2.05) is 48.5 Å². The third kappa shape index (κ3) is 3.79. The Morgan fingerprint density at radius 2 is 1.78 bits per heavy atom. The first-order valence-electron chi connectivity index (χ1n) is 7.28. The van der Waals surface area contributed by atoms with Crippen LogP contribution in [0.4, 0.5) is 0 Å². The van der Waals surface area contributed by atoms with Gasteiger partial charge in [0.25, 0.3) is 0 Å². The van der Waals surface area contributed by atoms with Gasteiger partial charge in [0.2, 0.25) is 0 Å². The molecular weight excluding hydrogens is 292 g/mol. The largest absolute Gasteiger partial charge is 0.493 e. The average molecular weight is 310 g/mol. The maximum absolute atomic E-state index is 6.01. The third-order valence-electron chi connectivity index (χ3n) is 3.38. The summed E-state index contributed by atoms with van der Waals surface area (Å²) in [6, 6.07) is 15.9. The van der Waals surface area contributed by atoms with Gasteiger partial charge >= 0.3 is 0 Å². The number of aromatic nitrogens is 3. The van der Waals surface area contributed by atoms with Crippen molar-refractivity contribution in [1.82, 2.24) is 14.9 Å². The van der Waals surface area contributed by atoms with Gasteiger partial charge in [-0.1, -0.05) is 42.5 Å². The topological polar surface area (TPSA) is 61.2 Å². The van der Waals surface area contributed by atoms with E-state index >= 15 is 0 Å². The van der Waals surface area contributed by atoms with Crippen LogP contribution in [0.1, 0.15) is 11.1 Å². The average Bonchev–Trinajstić information content (AvgIpc) is 3.12. The van der Waals surface area contributed by atoms with Crippen molar-refractivity contribution in [2.24, 2.45) is 0 Å². The highest BCUT2D eigenvalue weighted by Gasteiger charge is 2.11. The van der Waals surface area contributed by atoms with Crippen LogP contribution < -0.4 is 14.9 Å². The monoisotopic (exact) mass is 310 g/mol. The summed E-state index contributed by atoms with van der Waals surface area (Å²) < 4.78 is 13.1. The molecule has 1 heterocycles. The van der Waals surface area contributed by atoms with Crippen LogP contribution in [0.5, 0.6) is 11.5 Å². The Kier molecular flexibility index (Phi) is 4.73. The summed E-state index contributed by atoms with van der Waals surface area (Å²) in [4.78, 5) is 0. The molecule has 6 nitrogen and oxygen atoms in total. The third-order valence-corrected chi connectivity index (χ3v) is 3.38. The van der Waals surface area contributed by atoms with E-state index in [0.29, 0.717) is 18.9 Å². The summed E-state index contributed by atoms with van der Waals surface area (Å²) in [7, 11) is 1.64. The van der Waals surface area contributed by atoms with Crippen LogP contribution in [0.15, 0.2) is 61.2 Å². The van der Waals surface area contributed by atoms with E-state index in [4.69, 9.17) is 9.47 Å². The van der Waals surface area contributed by atoms with Crippen LogP contribution in [-0.2, 0) is 13.2 Å². The summed E-state index contributed by atoms with van der Waals surface area (Å²) in [5.74, 6) is 1.45. The van der Waals surface area contributed by atoms with E-state index < -0.39 is 0 Å². The fourth-order valence-electron chi connectivity index (χ4n) is 2.21. The SMILES string of the molecule is COc1cccc(CNn2cnnc2)c1OCc1ccccc1. The van der Waals surface area contributed by atoms with Gasteiger partial charge in [-0.2, -0.15) is 0 Å². The maximum atomic E-state index is 6.01. The van der Waals surface area contributed by atoms with Gasteiger partial charge in [-0.15, -0.1) is 10.2 Å². The first-order valence-corrected chi connectivity index (χ1v) is 7.28. The molecule has 23 heavy (non-hydrogen) atoms. The van der Waals surface area contributed by atoms with Crippen molar-refractivity contribution in [3.63, 3.8) is 0 Å². The van der Waals surface area contributed by atoms with Crippen LogP contribution in [0, 0.1) is 0 Å². The molecule has 0 radical (unpaired) electrons. The minimum Gasteiger partial charge on any atom is -0.493 e. The van der Waals surface area contributed by atoms with Gasteiger partial charge in [0.05, 0.1) is 13.7 Å². The fraction of sp³-hybridized carbons (Fsp3) is 0.176. The smallest absolute Gasteiger partial charge is 0.166 e. The molecular formula is C17H18N4O2. The standard InChI is InChI=1S/C17H18N4O2/c1-22-16-9-5-8-15(10-20-21-12-18-19-13-21)17(16)23-11-14-6-3-2-4-7-14/h2-9,12-13,20H,10-11H2,1H3. The van der Waals surface area contributed by atoms with Gasteiger partial charge in [0.15, 0.2) is 11.5 Å². The molecule has 3 rings (SSSR count). The number of ether oxygens (including phenoxy) is 2. The lowest BCUT2D eigenvalue weighted by Gasteiger charge is -2.16. The van der Waals surface area contributed by atoms with Crippen molar-refractivity contribution in [2.75, 3.05) is 12.5 Å². The van der Waals surface area contributed by atoms with Crippen molar-refractivity contribution < 1.29 is 9.47 Å². The van der Waals surface area contributed by atoms with Gasteiger partial charge < -0.3 is 14.9 Å².